The van der Waals surface area contributed by atoms with Crippen LogP contribution in [0.5, 0.6) is 5.75 Å². The number of nitrogens with zero attached hydrogens (tertiary/aromatic N) is 1. The smallest absolute Gasteiger partial charge is 0.223 e. The lowest BCUT2D eigenvalue weighted by atomic mass is 10.2. The number of benzene rings is 1. The highest BCUT2D eigenvalue weighted by atomic mass is 16.5. The Morgan fingerprint density at radius 3 is 2.28 bits per heavy atom. The Balaban J connectivity index is 2.49. The van der Waals surface area contributed by atoms with Gasteiger partial charge in [-0.3, -0.25) is 4.79 Å². The SMILES string of the molecule is COc1ccc(CN(C)C(=O)CCC(C)=O)cc1. The summed E-state index contributed by atoms with van der Waals surface area (Å²) in [6.07, 6.45) is 0.591. The molecule has 1 aromatic rings. The van der Waals surface area contributed by atoms with E-state index in [1.54, 1.807) is 19.1 Å². The number of rotatable bonds is 6. The van der Waals surface area contributed by atoms with E-state index in [9.17, 15) is 9.59 Å². The summed E-state index contributed by atoms with van der Waals surface area (Å²) < 4.78 is 5.07. The lowest BCUT2D eigenvalue weighted by Crippen LogP contribution is -2.26. The highest BCUT2D eigenvalue weighted by molar-refractivity contribution is 5.83. The third-order valence-corrected chi connectivity index (χ3v) is 2.70. The Morgan fingerprint density at radius 2 is 1.78 bits per heavy atom. The van der Waals surface area contributed by atoms with Crippen LogP contribution in [0.15, 0.2) is 24.3 Å². The van der Waals surface area contributed by atoms with Crippen LogP contribution in [-0.2, 0) is 16.1 Å². The molecular weight excluding hydrogens is 230 g/mol. The van der Waals surface area contributed by atoms with Gasteiger partial charge in [0, 0.05) is 26.4 Å². The lowest BCUT2D eigenvalue weighted by molar-refractivity contribution is -0.132. The summed E-state index contributed by atoms with van der Waals surface area (Å²) in [7, 11) is 3.36. The number of hydrogen-bond acceptors (Lipinski definition) is 3. The molecule has 98 valence electrons. The fraction of sp³-hybridized carbons (Fsp3) is 0.429. The zero-order valence-electron chi connectivity index (χ0n) is 11.1. The maximum Gasteiger partial charge on any atom is 0.223 e. The van der Waals surface area contributed by atoms with Gasteiger partial charge in [0.25, 0.3) is 0 Å². The van der Waals surface area contributed by atoms with Crippen molar-refractivity contribution < 1.29 is 14.3 Å². The van der Waals surface area contributed by atoms with Gasteiger partial charge < -0.3 is 14.4 Å². The first-order valence-corrected chi connectivity index (χ1v) is 5.89. The summed E-state index contributed by atoms with van der Waals surface area (Å²) in [6, 6.07) is 7.58. The van der Waals surface area contributed by atoms with Crippen molar-refractivity contribution in [3.63, 3.8) is 0 Å². The maximum absolute atomic E-state index is 11.7. The van der Waals surface area contributed by atoms with Crippen LogP contribution in [0.2, 0.25) is 0 Å². The van der Waals surface area contributed by atoms with E-state index in [4.69, 9.17) is 4.74 Å². The first-order valence-electron chi connectivity index (χ1n) is 5.89. The second-order valence-corrected chi connectivity index (χ2v) is 4.30. The van der Waals surface area contributed by atoms with Gasteiger partial charge in [-0.25, -0.2) is 0 Å². The zero-order valence-corrected chi connectivity index (χ0v) is 11.1. The Bertz CT molecular complexity index is 412. The molecule has 0 atom stereocenters. The lowest BCUT2D eigenvalue weighted by Gasteiger charge is -2.17. The molecule has 1 amide bonds. The van der Waals surface area contributed by atoms with Crippen molar-refractivity contribution in [2.45, 2.75) is 26.3 Å². The van der Waals surface area contributed by atoms with Crippen molar-refractivity contribution in [1.82, 2.24) is 4.90 Å². The highest BCUT2D eigenvalue weighted by Gasteiger charge is 2.10. The number of hydrogen-bond donors (Lipinski definition) is 0. The molecular formula is C14H19NO3. The van der Waals surface area contributed by atoms with Crippen molar-refractivity contribution in [2.24, 2.45) is 0 Å². The standard InChI is InChI=1S/C14H19NO3/c1-11(16)4-9-14(17)15(2)10-12-5-7-13(18-3)8-6-12/h5-8H,4,9-10H2,1-3H3. The molecule has 0 aliphatic rings. The molecule has 0 aliphatic carbocycles. The quantitative estimate of drug-likeness (QED) is 0.775. The van der Waals surface area contributed by atoms with Gasteiger partial charge in [-0.2, -0.15) is 0 Å². The van der Waals surface area contributed by atoms with Crippen LogP contribution < -0.4 is 4.74 Å². The summed E-state index contributed by atoms with van der Waals surface area (Å²) in [4.78, 5) is 24.2. The van der Waals surface area contributed by atoms with Crippen LogP contribution in [-0.4, -0.2) is 30.7 Å². The minimum absolute atomic E-state index is 0.0129. The molecule has 0 saturated heterocycles. The number of amides is 1. The van der Waals surface area contributed by atoms with Crippen LogP contribution in [0.4, 0.5) is 0 Å². The molecule has 4 nitrogen and oxygen atoms in total. The molecule has 0 unspecified atom stereocenters. The first kappa shape index (κ1) is 14.2. The Kier molecular flexibility index (Phi) is 5.36. The topological polar surface area (TPSA) is 46.6 Å². The van der Waals surface area contributed by atoms with Crippen molar-refractivity contribution in [1.29, 1.82) is 0 Å². The first-order chi connectivity index (χ1) is 8.52. The van der Waals surface area contributed by atoms with Crippen LogP contribution in [0.3, 0.4) is 0 Å². The Labute approximate surface area is 108 Å². The van der Waals surface area contributed by atoms with E-state index in [1.165, 1.54) is 6.92 Å². The molecule has 18 heavy (non-hydrogen) atoms. The van der Waals surface area contributed by atoms with Gasteiger partial charge in [-0.1, -0.05) is 12.1 Å². The minimum Gasteiger partial charge on any atom is -0.497 e. The summed E-state index contributed by atoms with van der Waals surface area (Å²) in [6.45, 7) is 2.04. The summed E-state index contributed by atoms with van der Waals surface area (Å²) >= 11 is 0. The average molecular weight is 249 g/mol. The predicted molar refractivity (Wildman–Crippen MR) is 69.4 cm³/mol. The average Bonchev–Trinajstić information content (AvgIpc) is 2.36. The van der Waals surface area contributed by atoms with Crippen LogP contribution in [0, 0.1) is 0 Å². The van der Waals surface area contributed by atoms with Gasteiger partial charge in [0.2, 0.25) is 5.91 Å². The van der Waals surface area contributed by atoms with E-state index in [2.05, 4.69) is 0 Å². The molecule has 0 saturated carbocycles. The number of methoxy groups -OCH3 is 1. The number of Topliss-reactive ketones (excluding diaryl/α,β-unsaturated/α-hetero) is 1. The fourth-order valence-corrected chi connectivity index (χ4v) is 1.57. The molecule has 0 radical (unpaired) electrons. The van der Waals surface area contributed by atoms with Gasteiger partial charge >= 0.3 is 0 Å². The number of ether oxygens (including phenoxy) is 1. The van der Waals surface area contributed by atoms with Crippen molar-refractivity contribution >= 4 is 11.7 Å². The Hall–Kier alpha value is -1.84. The molecule has 1 aromatic carbocycles. The van der Waals surface area contributed by atoms with E-state index in [-0.39, 0.29) is 18.1 Å². The van der Waals surface area contributed by atoms with E-state index >= 15 is 0 Å². The molecule has 4 heteroatoms. The van der Waals surface area contributed by atoms with E-state index in [1.807, 2.05) is 24.3 Å². The van der Waals surface area contributed by atoms with Gasteiger partial charge in [-0.15, -0.1) is 0 Å². The monoisotopic (exact) mass is 249 g/mol. The molecule has 0 fully saturated rings. The van der Waals surface area contributed by atoms with Crippen LogP contribution in [0.25, 0.3) is 0 Å². The third-order valence-electron chi connectivity index (χ3n) is 2.70. The van der Waals surface area contributed by atoms with Gasteiger partial charge in [0.05, 0.1) is 7.11 Å². The van der Waals surface area contributed by atoms with E-state index < -0.39 is 0 Å². The molecule has 0 N–H and O–H groups in total. The summed E-state index contributed by atoms with van der Waals surface area (Å²) in [5, 5.41) is 0. The van der Waals surface area contributed by atoms with Gasteiger partial charge in [0.15, 0.2) is 0 Å². The van der Waals surface area contributed by atoms with Gasteiger partial charge in [-0.05, 0) is 24.6 Å². The zero-order chi connectivity index (χ0) is 13.5. The van der Waals surface area contributed by atoms with Crippen molar-refractivity contribution in [3.8, 4) is 5.75 Å². The summed E-state index contributed by atoms with van der Waals surface area (Å²) in [5.41, 5.74) is 1.04. The predicted octanol–water partition coefficient (Wildman–Crippen LogP) is 2.02. The second kappa shape index (κ2) is 6.79. The molecule has 0 bridgehead atoms. The summed E-state index contributed by atoms with van der Waals surface area (Å²) in [5.74, 6) is 0.825. The third kappa shape index (κ3) is 4.57. The fourth-order valence-electron chi connectivity index (χ4n) is 1.57. The van der Waals surface area contributed by atoms with Crippen LogP contribution >= 0.6 is 0 Å². The van der Waals surface area contributed by atoms with E-state index in [0.29, 0.717) is 13.0 Å². The van der Waals surface area contributed by atoms with E-state index in [0.717, 1.165) is 11.3 Å². The maximum atomic E-state index is 11.7. The number of carbonyl (C=O) groups excluding carboxylic acids is 2. The molecule has 0 aromatic heterocycles. The number of ketones is 1. The molecule has 0 spiro atoms. The normalized spacial score (nSPS) is 9.94. The highest BCUT2D eigenvalue weighted by Crippen LogP contribution is 2.13. The second-order valence-electron chi connectivity index (χ2n) is 4.30. The van der Waals surface area contributed by atoms with Crippen molar-refractivity contribution in [2.75, 3.05) is 14.2 Å². The van der Waals surface area contributed by atoms with Crippen LogP contribution in [0.1, 0.15) is 25.3 Å². The molecule has 0 aliphatic heterocycles. The van der Waals surface area contributed by atoms with Gasteiger partial charge in [0.1, 0.15) is 11.5 Å². The molecule has 0 heterocycles. The van der Waals surface area contributed by atoms with Crippen molar-refractivity contribution in [3.05, 3.63) is 29.8 Å². The Morgan fingerprint density at radius 1 is 1.17 bits per heavy atom. The molecule has 1 rings (SSSR count). The minimum atomic E-state index is -0.0129. The largest absolute Gasteiger partial charge is 0.497 e. The number of carbonyl (C=O) groups is 2.